The first kappa shape index (κ1) is 18.7. The van der Waals surface area contributed by atoms with Crippen LogP contribution in [0.1, 0.15) is 57.9 Å². The first-order valence-electron chi connectivity index (χ1n) is 9.06. The Balaban J connectivity index is 2.59. The molecule has 0 bridgehead atoms. The van der Waals surface area contributed by atoms with Crippen LogP contribution in [0.5, 0.6) is 11.5 Å². The second-order valence-electron chi connectivity index (χ2n) is 7.09. The molecule has 1 aliphatic rings. The van der Waals surface area contributed by atoms with E-state index in [1.54, 1.807) is 0 Å². The normalized spacial score (nSPS) is 25.1. The van der Waals surface area contributed by atoms with E-state index >= 15 is 0 Å². The van der Waals surface area contributed by atoms with Gasteiger partial charge in [0.05, 0.1) is 11.6 Å². The summed E-state index contributed by atoms with van der Waals surface area (Å²) in [5, 5.41) is 31.4. The molecule has 2 rings (SSSR count). The Hall–Kier alpha value is -1.68. The summed E-state index contributed by atoms with van der Waals surface area (Å²) in [7, 11) is 0. The van der Waals surface area contributed by atoms with Crippen LogP contribution in [0.25, 0.3) is 0 Å². The van der Waals surface area contributed by atoms with Crippen molar-refractivity contribution in [2.45, 2.75) is 70.4 Å². The quantitative estimate of drug-likeness (QED) is 0.573. The van der Waals surface area contributed by atoms with Crippen molar-refractivity contribution >= 4 is 5.69 Å². The zero-order valence-corrected chi connectivity index (χ0v) is 15.0. The molecule has 2 atom stereocenters. The van der Waals surface area contributed by atoms with E-state index in [-0.39, 0.29) is 17.5 Å². The lowest BCUT2D eigenvalue weighted by atomic mass is 9.84. The molecule has 0 fully saturated rings. The van der Waals surface area contributed by atoms with Crippen molar-refractivity contribution in [3.63, 3.8) is 0 Å². The molecule has 0 saturated carbocycles. The Kier molecular flexibility index (Phi) is 6.16. The molecule has 0 saturated heterocycles. The van der Waals surface area contributed by atoms with Crippen LogP contribution in [0.2, 0.25) is 0 Å². The van der Waals surface area contributed by atoms with Gasteiger partial charge in [-0.3, -0.25) is 0 Å². The van der Waals surface area contributed by atoms with Gasteiger partial charge in [0.2, 0.25) is 0 Å². The van der Waals surface area contributed by atoms with Gasteiger partial charge in [0, 0.05) is 17.8 Å². The third kappa shape index (κ3) is 3.86. The second kappa shape index (κ2) is 7.93. The van der Waals surface area contributed by atoms with E-state index in [1.165, 1.54) is 6.07 Å². The second-order valence-corrected chi connectivity index (χ2v) is 7.09. The zero-order chi connectivity index (χ0) is 17.7. The predicted octanol–water partition coefficient (Wildman–Crippen LogP) is 4.13. The van der Waals surface area contributed by atoms with Gasteiger partial charge in [-0.15, -0.1) is 6.58 Å². The highest BCUT2D eigenvalue weighted by atomic mass is 16.3. The van der Waals surface area contributed by atoms with Gasteiger partial charge >= 0.3 is 0 Å². The summed E-state index contributed by atoms with van der Waals surface area (Å²) in [6.45, 7) is 8.51. The van der Waals surface area contributed by atoms with Crippen molar-refractivity contribution in [3.05, 3.63) is 30.4 Å². The van der Waals surface area contributed by atoms with Gasteiger partial charge in [-0.1, -0.05) is 32.3 Å². The van der Waals surface area contributed by atoms with Gasteiger partial charge in [0.25, 0.3) is 0 Å². The molecule has 3 N–H and O–H groups in total. The monoisotopic (exact) mass is 333 g/mol. The van der Waals surface area contributed by atoms with Crippen LogP contribution < -0.4 is 4.90 Å². The zero-order valence-electron chi connectivity index (χ0n) is 15.0. The van der Waals surface area contributed by atoms with Crippen molar-refractivity contribution in [2.75, 3.05) is 11.4 Å². The number of rotatable bonds is 4. The summed E-state index contributed by atoms with van der Waals surface area (Å²) in [4.78, 5) is 2.15. The van der Waals surface area contributed by atoms with Crippen LogP contribution in [-0.4, -0.2) is 33.5 Å². The van der Waals surface area contributed by atoms with Gasteiger partial charge < -0.3 is 20.2 Å². The Labute approximate surface area is 145 Å². The van der Waals surface area contributed by atoms with Crippen LogP contribution in [0.3, 0.4) is 0 Å². The Morgan fingerprint density at radius 3 is 2.71 bits per heavy atom. The highest BCUT2D eigenvalue weighted by Crippen LogP contribution is 2.41. The van der Waals surface area contributed by atoms with E-state index in [9.17, 15) is 15.3 Å². The number of aliphatic hydroxyl groups is 1. The Morgan fingerprint density at radius 2 is 2.04 bits per heavy atom. The molecule has 0 aliphatic carbocycles. The van der Waals surface area contributed by atoms with Gasteiger partial charge in [-0.05, 0) is 44.7 Å². The molecule has 1 heterocycles. The molecule has 1 aromatic carbocycles. The fraction of sp³-hybridized carbons (Fsp3) is 0.600. The summed E-state index contributed by atoms with van der Waals surface area (Å²) in [5.41, 5.74) is 0.864. The van der Waals surface area contributed by atoms with E-state index < -0.39 is 5.60 Å². The fourth-order valence-corrected chi connectivity index (χ4v) is 3.87. The van der Waals surface area contributed by atoms with Crippen LogP contribution in [0.15, 0.2) is 24.8 Å². The van der Waals surface area contributed by atoms with Crippen molar-refractivity contribution in [3.8, 4) is 11.5 Å². The number of phenols is 2. The average Bonchev–Trinajstić information content (AvgIpc) is 2.54. The maximum absolute atomic E-state index is 11.1. The van der Waals surface area contributed by atoms with E-state index in [4.69, 9.17) is 0 Å². The maximum atomic E-state index is 11.1. The van der Waals surface area contributed by atoms with Crippen molar-refractivity contribution in [1.82, 2.24) is 0 Å². The Morgan fingerprint density at radius 1 is 1.29 bits per heavy atom. The number of phenolic OH excluding ortho intramolecular Hbond substituents is 2. The van der Waals surface area contributed by atoms with E-state index in [1.807, 2.05) is 19.1 Å². The number of hydrogen-bond acceptors (Lipinski definition) is 4. The molecular formula is C20H31NO3. The number of aromatic hydroxyl groups is 2. The van der Waals surface area contributed by atoms with Gasteiger partial charge in [0.1, 0.15) is 0 Å². The van der Waals surface area contributed by atoms with Crippen molar-refractivity contribution in [2.24, 2.45) is 0 Å². The summed E-state index contributed by atoms with van der Waals surface area (Å²) in [6, 6.07) is 3.34. The molecule has 1 aliphatic heterocycles. The first-order valence-corrected chi connectivity index (χ1v) is 9.06. The van der Waals surface area contributed by atoms with Crippen LogP contribution in [0, 0.1) is 0 Å². The molecule has 1 aromatic rings. The lowest BCUT2D eigenvalue weighted by Crippen LogP contribution is -2.52. The fourth-order valence-electron chi connectivity index (χ4n) is 3.87. The maximum Gasteiger partial charge on any atom is 0.162 e. The minimum atomic E-state index is -0.804. The number of nitrogens with zero attached hydrogens (tertiary/aromatic N) is 1. The molecule has 134 valence electrons. The van der Waals surface area contributed by atoms with Crippen molar-refractivity contribution in [1.29, 1.82) is 0 Å². The summed E-state index contributed by atoms with van der Waals surface area (Å²) < 4.78 is 0. The highest BCUT2D eigenvalue weighted by Gasteiger charge is 2.36. The van der Waals surface area contributed by atoms with Crippen LogP contribution in [0.4, 0.5) is 5.69 Å². The molecule has 0 amide bonds. The van der Waals surface area contributed by atoms with Gasteiger partial charge in [-0.2, -0.15) is 0 Å². The average molecular weight is 333 g/mol. The lowest BCUT2D eigenvalue weighted by Gasteiger charge is -2.43. The molecule has 0 aromatic heterocycles. The number of anilines is 1. The Bertz CT molecular complexity index is 568. The predicted molar refractivity (Wildman–Crippen MR) is 98.8 cm³/mol. The molecule has 4 nitrogen and oxygen atoms in total. The highest BCUT2D eigenvalue weighted by molar-refractivity contribution is 5.64. The van der Waals surface area contributed by atoms with Crippen molar-refractivity contribution < 1.29 is 15.3 Å². The van der Waals surface area contributed by atoms with Crippen LogP contribution >= 0.6 is 0 Å². The molecule has 4 heteroatoms. The smallest absolute Gasteiger partial charge is 0.162 e. The van der Waals surface area contributed by atoms with Gasteiger partial charge in [0.15, 0.2) is 11.5 Å². The molecule has 0 radical (unpaired) electrons. The topological polar surface area (TPSA) is 63.9 Å². The largest absolute Gasteiger partial charge is 0.504 e. The molecule has 24 heavy (non-hydrogen) atoms. The summed E-state index contributed by atoms with van der Waals surface area (Å²) >= 11 is 0. The third-order valence-corrected chi connectivity index (χ3v) is 5.14. The number of fused-ring (bicyclic) bond motifs is 1. The minimum absolute atomic E-state index is 0.0305. The summed E-state index contributed by atoms with van der Waals surface area (Å²) in [5.74, 6) is -0.111. The summed E-state index contributed by atoms with van der Waals surface area (Å²) in [6.07, 6.45) is 8.05. The number of benzene rings is 1. The number of hydrogen-bond donors (Lipinski definition) is 3. The first-order chi connectivity index (χ1) is 11.4. The minimum Gasteiger partial charge on any atom is -0.504 e. The molecular weight excluding hydrogens is 302 g/mol. The molecule has 2 unspecified atom stereocenters. The van der Waals surface area contributed by atoms with E-state index in [0.29, 0.717) is 6.54 Å². The SMILES string of the molecule is C=CCN1c2ccc(O)c(O)c2CCCCCC(C)(O)C1CCC. The van der Waals surface area contributed by atoms with Crippen LogP contribution in [-0.2, 0) is 6.42 Å². The van der Waals surface area contributed by atoms with E-state index in [0.717, 1.165) is 56.2 Å². The third-order valence-electron chi connectivity index (χ3n) is 5.14. The van der Waals surface area contributed by atoms with Gasteiger partial charge in [-0.25, -0.2) is 0 Å². The standard InChI is InChI=1S/C20H31NO3/c1-4-9-18-20(3,24)13-8-6-7-10-15-16(21(18)14-5-2)11-12-17(22)19(15)23/h5,11-12,18,22-24H,2,4,6-10,13-14H2,1,3H3. The molecule has 0 spiro atoms. The lowest BCUT2D eigenvalue weighted by molar-refractivity contribution is 0.0162. The van der Waals surface area contributed by atoms with E-state index in [2.05, 4.69) is 18.4 Å².